The molecule has 1 aliphatic rings. The van der Waals surface area contributed by atoms with Crippen molar-refractivity contribution < 1.29 is 19.4 Å². The number of amides is 1. The molecule has 6 heteroatoms. The van der Waals surface area contributed by atoms with E-state index in [0.29, 0.717) is 18.1 Å². The number of H-pyrrole nitrogens is 1. The van der Waals surface area contributed by atoms with Crippen LogP contribution in [0.4, 0.5) is 5.69 Å². The number of aromatic amines is 1. The highest BCUT2D eigenvalue weighted by Crippen LogP contribution is 2.35. The molecule has 98 valence electrons. The number of carbonyl (C=O) groups is 2. The molecule has 1 unspecified atom stereocenters. The zero-order valence-electron chi connectivity index (χ0n) is 10.6. The summed E-state index contributed by atoms with van der Waals surface area (Å²) in [6.07, 6.45) is -0.137. The number of hydrogen-bond donors (Lipinski definition) is 2. The van der Waals surface area contributed by atoms with E-state index in [0.717, 1.165) is 0 Å². The van der Waals surface area contributed by atoms with Gasteiger partial charge in [-0.2, -0.15) is 0 Å². The topological polar surface area (TPSA) is 82.6 Å². The fourth-order valence-electron chi connectivity index (χ4n) is 1.94. The Hall–Kier alpha value is -1.98. The first kappa shape index (κ1) is 12.5. The van der Waals surface area contributed by atoms with Crippen LogP contribution >= 0.6 is 0 Å². The van der Waals surface area contributed by atoms with Gasteiger partial charge in [0.25, 0.3) is 0 Å². The number of aromatic nitrogens is 1. The number of carboxylic acids is 1. The minimum atomic E-state index is -1.07. The number of ether oxygens (including phenoxy) is 1. The van der Waals surface area contributed by atoms with Gasteiger partial charge in [0.15, 0.2) is 0 Å². The van der Waals surface area contributed by atoms with Gasteiger partial charge in [-0.05, 0) is 12.0 Å². The van der Waals surface area contributed by atoms with Crippen LogP contribution in [0.15, 0.2) is 6.07 Å². The number of aromatic carboxylic acids is 1. The Labute approximate surface area is 105 Å². The lowest BCUT2D eigenvalue weighted by Crippen LogP contribution is -2.44. The number of carboxylic acid groups (broad SMARTS) is 1. The molecule has 0 aliphatic carbocycles. The van der Waals surface area contributed by atoms with Crippen molar-refractivity contribution in [3.8, 4) is 5.88 Å². The summed E-state index contributed by atoms with van der Waals surface area (Å²) in [4.78, 5) is 26.8. The second-order valence-corrected chi connectivity index (χ2v) is 4.73. The Kier molecular flexibility index (Phi) is 3.02. The van der Waals surface area contributed by atoms with Crippen LogP contribution in [0.1, 0.15) is 31.3 Å². The summed E-state index contributed by atoms with van der Waals surface area (Å²) < 4.78 is 5.69. The molecule has 2 N–H and O–H groups in total. The molecule has 1 amide bonds. The Balaban J connectivity index is 2.41. The van der Waals surface area contributed by atoms with Crippen LogP contribution in [-0.4, -0.2) is 34.6 Å². The highest BCUT2D eigenvalue weighted by Gasteiger charge is 2.32. The summed E-state index contributed by atoms with van der Waals surface area (Å²) in [7, 11) is 0. The van der Waals surface area contributed by atoms with E-state index in [2.05, 4.69) is 4.98 Å². The molecular formula is C12H16N2O4. The second kappa shape index (κ2) is 4.36. The Morgan fingerprint density at radius 3 is 2.72 bits per heavy atom. The van der Waals surface area contributed by atoms with Crippen molar-refractivity contribution in [2.75, 3.05) is 11.4 Å². The Morgan fingerprint density at radius 1 is 1.56 bits per heavy atom. The third-order valence-electron chi connectivity index (χ3n) is 3.04. The van der Waals surface area contributed by atoms with E-state index in [1.165, 1.54) is 13.0 Å². The van der Waals surface area contributed by atoms with Crippen molar-refractivity contribution in [2.45, 2.75) is 26.9 Å². The zero-order chi connectivity index (χ0) is 13.4. The lowest BCUT2D eigenvalue weighted by atomic mass is 10.1. The number of hydrogen-bond acceptors (Lipinski definition) is 3. The van der Waals surface area contributed by atoms with E-state index in [4.69, 9.17) is 9.84 Å². The van der Waals surface area contributed by atoms with Crippen LogP contribution in [0.2, 0.25) is 0 Å². The molecule has 1 aliphatic heterocycles. The first-order chi connectivity index (χ1) is 8.40. The molecule has 0 saturated heterocycles. The number of anilines is 1. The summed E-state index contributed by atoms with van der Waals surface area (Å²) in [6, 6.07) is 1.43. The smallest absolute Gasteiger partial charge is 0.352 e. The fraction of sp³-hybridized carbons (Fsp3) is 0.500. The predicted molar refractivity (Wildman–Crippen MR) is 65.0 cm³/mol. The standard InChI is InChI=1S/C12H16N2O4/c1-6(2)10-5-14(7(3)15)9-4-8(12(16)17)13-11(9)18-10/h4,6,10,13H,5H2,1-3H3,(H,16,17). The van der Waals surface area contributed by atoms with Gasteiger partial charge in [0.1, 0.15) is 17.5 Å². The van der Waals surface area contributed by atoms with Crippen molar-refractivity contribution in [2.24, 2.45) is 5.92 Å². The van der Waals surface area contributed by atoms with Crippen LogP contribution in [0.5, 0.6) is 5.88 Å². The monoisotopic (exact) mass is 252 g/mol. The van der Waals surface area contributed by atoms with Crippen LogP contribution in [0, 0.1) is 5.92 Å². The van der Waals surface area contributed by atoms with Crippen molar-refractivity contribution in [3.63, 3.8) is 0 Å². The molecule has 1 atom stereocenters. The van der Waals surface area contributed by atoms with Crippen molar-refractivity contribution in [1.82, 2.24) is 4.98 Å². The van der Waals surface area contributed by atoms with Gasteiger partial charge in [-0.1, -0.05) is 13.8 Å². The van der Waals surface area contributed by atoms with Gasteiger partial charge in [-0.25, -0.2) is 4.79 Å². The normalized spacial score (nSPS) is 18.4. The fourth-order valence-corrected chi connectivity index (χ4v) is 1.94. The van der Waals surface area contributed by atoms with E-state index in [1.807, 2.05) is 13.8 Å². The van der Waals surface area contributed by atoms with Gasteiger partial charge in [-0.3, -0.25) is 4.79 Å². The first-order valence-electron chi connectivity index (χ1n) is 5.81. The van der Waals surface area contributed by atoms with Gasteiger partial charge in [-0.15, -0.1) is 0 Å². The Bertz CT molecular complexity index is 492. The predicted octanol–water partition coefficient (Wildman–Crippen LogP) is 1.48. The van der Waals surface area contributed by atoms with Crippen LogP contribution in [0.25, 0.3) is 0 Å². The highest BCUT2D eigenvalue weighted by atomic mass is 16.5. The molecule has 0 radical (unpaired) electrons. The van der Waals surface area contributed by atoms with Crippen LogP contribution in [-0.2, 0) is 4.79 Å². The summed E-state index contributed by atoms with van der Waals surface area (Å²) in [6.45, 7) is 5.89. The largest absolute Gasteiger partial charge is 0.477 e. The third kappa shape index (κ3) is 2.05. The molecule has 2 heterocycles. The number of carbonyl (C=O) groups excluding carboxylic acids is 1. The maximum Gasteiger partial charge on any atom is 0.352 e. The summed E-state index contributed by atoms with van der Waals surface area (Å²) in [5.74, 6) is -0.608. The summed E-state index contributed by atoms with van der Waals surface area (Å²) in [5, 5.41) is 8.94. The van der Waals surface area contributed by atoms with Gasteiger partial charge in [0, 0.05) is 6.92 Å². The SMILES string of the molecule is CC(=O)N1CC(C(C)C)Oc2[nH]c(C(=O)O)cc21. The third-order valence-corrected chi connectivity index (χ3v) is 3.04. The molecule has 6 nitrogen and oxygen atoms in total. The van der Waals surface area contributed by atoms with E-state index in [9.17, 15) is 9.59 Å². The van der Waals surface area contributed by atoms with Crippen LogP contribution in [0.3, 0.4) is 0 Å². The van der Waals surface area contributed by atoms with E-state index >= 15 is 0 Å². The van der Waals surface area contributed by atoms with Crippen molar-refractivity contribution >= 4 is 17.6 Å². The maximum atomic E-state index is 11.6. The first-order valence-corrected chi connectivity index (χ1v) is 5.81. The van der Waals surface area contributed by atoms with Gasteiger partial charge >= 0.3 is 5.97 Å². The van der Waals surface area contributed by atoms with Gasteiger partial charge in [0.05, 0.1) is 6.54 Å². The molecule has 0 saturated carbocycles. The van der Waals surface area contributed by atoms with Gasteiger partial charge < -0.3 is 19.7 Å². The lowest BCUT2D eigenvalue weighted by Gasteiger charge is -2.34. The summed E-state index contributed by atoms with van der Waals surface area (Å²) >= 11 is 0. The molecule has 18 heavy (non-hydrogen) atoms. The lowest BCUT2D eigenvalue weighted by molar-refractivity contribution is -0.117. The second-order valence-electron chi connectivity index (χ2n) is 4.73. The number of nitrogens with one attached hydrogen (secondary N) is 1. The minimum Gasteiger partial charge on any atom is -0.477 e. The molecule has 0 spiro atoms. The average Bonchev–Trinajstić information content (AvgIpc) is 2.70. The summed E-state index contributed by atoms with van der Waals surface area (Å²) in [5.41, 5.74) is 0.521. The van der Waals surface area contributed by atoms with Crippen molar-refractivity contribution in [3.05, 3.63) is 11.8 Å². The molecule has 1 aromatic heterocycles. The number of nitrogens with zero attached hydrogens (tertiary/aromatic N) is 1. The molecule has 0 aromatic carbocycles. The average molecular weight is 252 g/mol. The highest BCUT2D eigenvalue weighted by molar-refractivity contribution is 5.96. The van der Waals surface area contributed by atoms with E-state index < -0.39 is 5.97 Å². The number of rotatable bonds is 2. The molecule has 2 rings (SSSR count). The molecule has 0 bridgehead atoms. The quantitative estimate of drug-likeness (QED) is 0.835. The number of fused-ring (bicyclic) bond motifs is 1. The molecule has 0 fully saturated rings. The van der Waals surface area contributed by atoms with E-state index in [-0.39, 0.29) is 23.6 Å². The van der Waals surface area contributed by atoms with Crippen LogP contribution < -0.4 is 9.64 Å². The Morgan fingerprint density at radius 2 is 2.22 bits per heavy atom. The zero-order valence-corrected chi connectivity index (χ0v) is 10.6. The van der Waals surface area contributed by atoms with Crippen molar-refractivity contribution in [1.29, 1.82) is 0 Å². The van der Waals surface area contributed by atoms with Gasteiger partial charge in [0.2, 0.25) is 11.8 Å². The molecule has 1 aromatic rings. The minimum absolute atomic E-state index is 0.0238. The maximum absolute atomic E-state index is 11.6. The van der Waals surface area contributed by atoms with E-state index in [1.54, 1.807) is 4.90 Å². The molecular weight excluding hydrogens is 236 g/mol.